The van der Waals surface area contributed by atoms with Crippen LogP contribution < -0.4 is 4.90 Å². The number of amides is 1. The van der Waals surface area contributed by atoms with Gasteiger partial charge in [0.1, 0.15) is 5.92 Å². The van der Waals surface area contributed by atoms with Crippen LogP contribution in [0.4, 0.5) is 5.69 Å². The first-order chi connectivity index (χ1) is 9.58. The first-order valence-corrected chi connectivity index (χ1v) is 6.15. The molecule has 0 saturated heterocycles. The lowest BCUT2D eigenvalue weighted by Crippen LogP contribution is -2.30. The summed E-state index contributed by atoms with van der Waals surface area (Å²) in [5, 5.41) is 12.9. The van der Waals surface area contributed by atoms with E-state index in [1.807, 2.05) is 0 Å². The first kappa shape index (κ1) is 12.4. The summed E-state index contributed by atoms with van der Waals surface area (Å²) in [4.78, 5) is 25.1. The van der Waals surface area contributed by atoms with Crippen molar-refractivity contribution in [3.05, 3.63) is 47.3 Å². The number of nitrogens with zero attached hydrogens (tertiary/aromatic N) is 2. The molecule has 1 amide bonds. The second-order valence-corrected chi connectivity index (χ2v) is 4.70. The number of benzene rings is 1. The van der Waals surface area contributed by atoms with E-state index in [0.717, 1.165) is 0 Å². The van der Waals surface area contributed by atoms with E-state index >= 15 is 0 Å². The first-order valence-electron chi connectivity index (χ1n) is 6.15. The number of hydrogen-bond donors (Lipinski definition) is 1. The van der Waals surface area contributed by atoms with Crippen LogP contribution in [-0.4, -0.2) is 28.7 Å². The van der Waals surface area contributed by atoms with E-state index in [1.165, 1.54) is 4.90 Å². The van der Waals surface area contributed by atoms with Crippen LogP contribution in [0, 0.1) is 6.92 Å². The van der Waals surface area contributed by atoms with Gasteiger partial charge in [-0.1, -0.05) is 23.4 Å². The maximum Gasteiger partial charge on any atom is 0.312 e. The second kappa shape index (κ2) is 4.48. The van der Waals surface area contributed by atoms with Gasteiger partial charge in [0.15, 0.2) is 0 Å². The van der Waals surface area contributed by atoms with Crippen LogP contribution in [0.25, 0.3) is 0 Å². The van der Waals surface area contributed by atoms with E-state index in [9.17, 15) is 14.7 Å². The average molecular weight is 272 g/mol. The van der Waals surface area contributed by atoms with Crippen LogP contribution in [-0.2, 0) is 4.79 Å². The van der Waals surface area contributed by atoms with Gasteiger partial charge in [-0.15, -0.1) is 0 Å². The lowest BCUT2D eigenvalue weighted by molar-refractivity contribution is -0.138. The Morgan fingerprint density at radius 1 is 1.40 bits per heavy atom. The largest absolute Gasteiger partial charge is 0.481 e. The summed E-state index contributed by atoms with van der Waals surface area (Å²) in [7, 11) is 0. The SMILES string of the molecule is Cc1cc(C(=O)N2CC(C(=O)O)c3ccccc32)on1. The van der Waals surface area contributed by atoms with Gasteiger partial charge in [0, 0.05) is 18.3 Å². The maximum atomic E-state index is 12.4. The number of hydrogen-bond acceptors (Lipinski definition) is 4. The Balaban J connectivity index is 2.00. The minimum Gasteiger partial charge on any atom is -0.481 e. The number of anilines is 1. The highest BCUT2D eigenvalue weighted by molar-refractivity contribution is 6.07. The molecule has 1 atom stereocenters. The molecule has 1 N–H and O–H groups in total. The number of aromatic nitrogens is 1. The fraction of sp³-hybridized carbons (Fsp3) is 0.214. The Labute approximate surface area is 114 Å². The molecule has 0 spiro atoms. The normalized spacial score (nSPS) is 17.1. The van der Waals surface area contributed by atoms with Gasteiger partial charge >= 0.3 is 5.97 Å². The van der Waals surface area contributed by atoms with Crippen molar-refractivity contribution in [3.8, 4) is 0 Å². The van der Waals surface area contributed by atoms with Crippen molar-refractivity contribution in [2.45, 2.75) is 12.8 Å². The number of rotatable bonds is 2. The number of para-hydroxylation sites is 1. The Morgan fingerprint density at radius 3 is 2.80 bits per heavy atom. The van der Waals surface area contributed by atoms with Gasteiger partial charge in [-0.25, -0.2) is 0 Å². The zero-order valence-corrected chi connectivity index (χ0v) is 10.7. The Kier molecular flexibility index (Phi) is 2.78. The van der Waals surface area contributed by atoms with Crippen molar-refractivity contribution < 1.29 is 19.2 Å². The van der Waals surface area contributed by atoms with E-state index < -0.39 is 11.9 Å². The Bertz CT molecular complexity index is 692. The number of carboxylic acid groups (broad SMARTS) is 1. The molecule has 1 aliphatic rings. The van der Waals surface area contributed by atoms with E-state index in [4.69, 9.17) is 4.52 Å². The lowest BCUT2D eigenvalue weighted by atomic mass is 10.0. The van der Waals surface area contributed by atoms with Gasteiger partial charge in [-0.3, -0.25) is 9.59 Å². The number of carbonyl (C=O) groups is 2. The monoisotopic (exact) mass is 272 g/mol. The summed E-state index contributed by atoms with van der Waals surface area (Å²) in [5.41, 5.74) is 1.86. The van der Waals surface area contributed by atoms with Crippen molar-refractivity contribution in [1.29, 1.82) is 0 Å². The minimum atomic E-state index is -0.943. The highest BCUT2D eigenvalue weighted by Gasteiger charge is 2.37. The molecule has 0 aliphatic carbocycles. The highest BCUT2D eigenvalue weighted by Crippen LogP contribution is 2.37. The molecule has 2 aromatic rings. The molecule has 1 aromatic heterocycles. The molecule has 0 fully saturated rings. The summed E-state index contributed by atoms with van der Waals surface area (Å²) >= 11 is 0. The molecule has 102 valence electrons. The van der Waals surface area contributed by atoms with Crippen molar-refractivity contribution in [1.82, 2.24) is 5.16 Å². The van der Waals surface area contributed by atoms with Gasteiger partial charge in [0.05, 0.1) is 5.69 Å². The Morgan fingerprint density at radius 2 is 2.15 bits per heavy atom. The second-order valence-electron chi connectivity index (χ2n) is 4.70. The van der Waals surface area contributed by atoms with Crippen LogP contribution in [0.3, 0.4) is 0 Å². The molecule has 0 radical (unpaired) electrons. The highest BCUT2D eigenvalue weighted by atomic mass is 16.5. The van der Waals surface area contributed by atoms with E-state index in [1.54, 1.807) is 37.3 Å². The van der Waals surface area contributed by atoms with Gasteiger partial charge < -0.3 is 14.5 Å². The zero-order chi connectivity index (χ0) is 14.3. The van der Waals surface area contributed by atoms with E-state index in [-0.39, 0.29) is 18.2 Å². The topological polar surface area (TPSA) is 83.6 Å². The minimum absolute atomic E-state index is 0.104. The lowest BCUT2D eigenvalue weighted by Gasteiger charge is -2.15. The molecule has 20 heavy (non-hydrogen) atoms. The smallest absolute Gasteiger partial charge is 0.312 e. The number of carbonyl (C=O) groups excluding carboxylic acids is 1. The number of carboxylic acids is 1. The van der Waals surface area contributed by atoms with Crippen LogP contribution in [0.5, 0.6) is 0 Å². The van der Waals surface area contributed by atoms with E-state index in [2.05, 4.69) is 5.16 Å². The van der Waals surface area contributed by atoms with Crippen molar-refractivity contribution >= 4 is 17.6 Å². The van der Waals surface area contributed by atoms with Crippen LogP contribution >= 0.6 is 0 Å². The molecule has 1 unspecified atom stereocenters. The summed E-state index contributed by atoms with van der Waals surface area (Å²) < 4.78 is 4.96. The summed E-state index contributed by atoms with van der Waals surface area (Å²) in [6.45, 7) is 1.82. The molecule has 6 nitrogen and oxygen atoms in total. The molecule has 2 heterocycles. The van der Waals surface area contributed by atoms with Crippen LogP contribution in [0.15, 0.2) is 34.9 Å². The fourth-order valence-electron chi connectivity index (χ4n) is 2.41. The molecule has 3 rings (SSSR count). The summed E-state index contributed by atoms with van der Waals surface area (Å²) in [6.07, 6.45) is 0. The van der Waals surface area contributed by atoms with Crippen molar-refractivity contribution in [2.24, 2.45) is 0 Å². The van der Waals surface area contributed by atoms with Gasteiger partial charge in [-0.05, 0) is 18.6 Å². The molecule has 1 aliphatic heterocycles. The van der Waals surface area contributed by atoms with Crippen LogP contribution in [0.2, 0.25) is 0 Å². The molecular weight excluding hydrogens is 260 g/mol. The molecule has 0 saturated carbocycles. The van der Waals surface area contributed by atoms with Gasteiger partial charge in [-0.2, -0.15) is 0 Å². The van der Waals surface area contributed by atoms with Crippen LogP contribution in [0.1, 0.15) is 27.7 Å². The predicted molar refractivity (Wildman–Crippen MR) is 69.7 cm³/mol. The third-order valence-corrected chi connectivity index (χ3v) is 3.35. The third-order valence-electron chi connectivity index (χ3n) is 3.35. The third kappa shape index (κ3) is 1.85. The number of aryl methyl sites for hydroxylation is 1. The predicted octanol–water partition coefficient (Wildman–Crippen LogP) is 1.81. The summed E-state index contributed by atoms with van der Waals surface area (Å²) in [5.74, 6) is -1.91. The number of aliphatic carboxylic acids is 1. The summed E-state index contributed by atoms with van der Waals surface area (Å²) in [6, 6.07) is 8.54. The Hall–Kier alpha value is -2.63. The average Bonchev–Trinajstić information content (AvgIpc) is 3.02. The molecule has 1 aromatic carbocycles. The zero-order valence-electron chi connectivity index (χ0n) is 10.7. The maximum absolute atomic E-state index is 12.4. The van der Waals surface area contributed by atoms with Crippen molar-refractivity contribution in [2.75, 3.05) is 11.4 Å². The number of fused-ring (bicyclic) bond motifs is 1. The molecular formula is C14H12N2O4. The van der Waals surface area contributed by atoms with Crippen molar-refractivity contribution in [3.63, 3.8) is 0 Å². The standard InChI is InChI=1S/C14H12N2O4/c1-8-6-12(20-15-8)13(17)16-7-10(14(18)19)9-4-2-3-5-11(9)16/h2-6,10H,7H2,1H3,(H,18,19). The van der Waals surface area contributed by atoms with Gasteiger partial charge in [0.25, 0.3) is 5.91 Å². The molecule has 6 heteroatoms. The van der Waals surface area contributed by atoms with Gasteiger partial charge in [0.2, 0.25) is 5.76 Å². The fourth-order valence-corrected chi connectivity index (χ4v) is 2.41. The quantitative estimate of drug-likeness (QED) is 0.901. The van der Waals surface area contributed by atoms with E-state index in [0.29, 0.717) is 16.9 Å². The molecule has 0 bridgehead atoms.